The number of carbonyl (C=O) groups is 1. The van der Waals surface area contributed by atoms with Gasteiger partial charge in [0, 0.05) is 41.3 Å². The third kappa shape index (κ3) is 3.32. The number of hydrogen-bond acceptors (Lipinski definition) is 6. The monoisotopic (exact) mass is 382 g/mol. The van der Waals surface area contributed by atoms with E-state index >= 15 is 0 Å². The Bertz CT molecular complexity index is 968. The summed E-state index contributed by atoms with van der Waals surface area (Å²) in [4.78, 5) is 37.4. The molecule has 2 aromatic rings. The molecule has 2 aliphatic rings. The molecule has 0 radical (unpaired) electrons. The summed E-state index contributed by atoms with van der Waals surface area (Å²) in [7, 11) is 0. The van der Waals surface area contributed by atoms with E-state index in [1.165, 1.54) is 0 Å². The van der Waals surface area contributed by atoms with Gasteiger partial charge in [-0.25, -0.2) is 4.98 Å². The highest BCUT2D eigenvalue weighted by Crippen LogP contribution is 2.43. The Morgan fingerprint density at radius 2 is 2.04 bits per heavy atom. The van der Waals surface area contributed by atoms with Crippen LogP contribution in [0.3, 0.4) is 0 Å². The van der Waals surface area contributed by atoms with Crippen LogP contribution in [-0.2, 0) is 4.79 Å². The summed E-state index contributed by atoms with van der Waals surface area (Å²) >= 11 is 1.56. The maximum atomic E-state index is 13.0. The van der Waals surface area contributed by atoms with E-state index in [0.717, 1.165) is 30.5 Å². The lowest BCUT2D eigenvalue weighted by molar-refractivity contribution is -0.116. The van der Waals surface area contributed by atoms with Crippen molar-refractivity contribution in [2.75, 3.05) is 5.32 Å². The minimum absolute atomic E-state index is 0.105. The summed E-state index contributed by atoms with van der Waals surface area (Å²) in [5.41, 5.74) is 2.83. The number of H-pyrrole nitrogens is 1. The lowest BCUT2D eigenvalue weighted by Gasteiger charge is -2.32. The highest BCUT2D eigenvalue weighted by molar-refractivity contribution is 7.99. The molecule has 140 valence electrons. The average Bonchev–Trinajstić information content (AvgIpc) is 2.67. The minimum atomic E-state index is -0.397. The number of aromatic amines is 1. The molecule has 0 spiro atoms. The quantitative estimate of drug-likeness (QED) is 0.620. The molecule has 6 nitrogen and oxygen atoms in total. The molecular weight excluding hydrogens is 360 g/mol. The second-order valence-electron chi connectivity index (χ2n) is 6.98. The van der Waals surface area contributed by atoms with Gasteiger partial charge in [-0.3, -0.25) is 14.6 Å². The summed E-state index contributed by atoms with van der Waals surface area (Å²) in [6, 6.07) is 3.74. The summed E-state index contributed by atoms with van der Waals surface area (Å²) < 4.78 is 0. The van der Waals surface area contributed by atoms with E-state index in [9.17, 15) is 9.59 Å². The Morgan fingerprint density at radius 1 is 1.26 bits per heavy atom. The number of anilines is 1. The second kappa shape index (κ2) is 7.31. The molecule has 0 saturated heterocycles. The molecule has 2 aromatic heterocycles. The largest absolute Gasteiger partial charge is 0.343 e. The molecule has 4 rings (SSSR count). The Hall–Kier alpha value is -2.41. The molecule has 0 bridgehead atoms. The van der Waals surface area contributed by atoms with Crippen LogP contribution >= 0.6 is 11.8 Å². The molecule has 27 heavy (non-hydrogen) atoms. The van der Waals surface area contributed by atoms with Gasteiger partial charge in [0.05, 0.1) is 5.56 Å². The number of carbonyl (C=O) groups excluding carboxylic acids is 1. The van der Waals surface area contributed by atoms with Crippen molar-refractivity contribution in [1.29, 1.82) is 0 Å². The third-order valence-corrected chi connectivity index (χ3v) is 6.32. The van der Waals surface area contributed by atoms with E-state index in [1.807, 2.05) is 12.1 Å². The lowest BCUT2D eigenvalue weighted by Crippen LogP contribution is -2.32. The zero-order valence-electron chi connectivity index (χ0n) is 15.4. The van der Waals surface area contributed by atoms with Crippen molar-refractivity contribution in [3.05, 3.63) is 57.3 Å². The van der Waals surface area contributed by atoms with Gasteiger partial charge in [-0.1, -0.05) is 25.6 Å². The van der Waals surface area contributed by atoms with Crippen LogP contribution in [0.4, 0.5) is 5.82 Å². The Balaban J connectivity index is 1.88. The first-order valence-electron chi connectivity index (χ1n) is 9.32. The number of ketones is 1. The molecule has 3 heterocycles. The Labute approximate surface area is 161 Å². The number of rotatable bonds is 4. The van der Waals surface area contributed by atoms with Crippen LogP contribution in [-0.4, -0.2) is 26.0 Å². The predicted octanol–water partition coefficient (Wildman–Crippen LogP) is 3.62. The number of hydrogen-bond donors (Lipinski definition) is 2. The second-order valence-corrected chi connectivity index (χ2v) is 8.40. The highest BCUT2D eigenvalue weighted by atomic mass is 32.2. The van der Waals surface area contributed by atoms with Crippen LogP contribution < -0.4 is 10.9 Å². The van der Waals surface area contributed by atoms with E-state index < -0.39 is 5.92 Å². The van der Waals surface area contributed by atoms with Crippen molar-refractivity contribution in [1.82, 2.24) is 15.0 Å². The van der Waals surface area contributed by atoms with Gasteiger partial charge in [0.2, 0.25) is 0 Å². The lowest BCUT2D eigenvalue weighted by atomic mass is 9.77. The van der Waals surface area contributed by atoms with Crippen LogP contribution in [0.15, 0.2) is 45.7 Å². The van der Waals surface area contributed by atoms with Crippen LogP contribution in [0.25, 0.3) is 0 Å². The van der Waals surface area contributed by atoms with E-state index in [1.54, 1.807) is 24.2 Å². The Kier molecular flexibility index (Phi) is 4.86. The van der Waals surface area contributed by atoms with Crippen molar-refractivity contribution in [2.45, 2.75) is 55.9 Å². The fraction of sp³-hybridized carbons (Fsp3) is 0.400. The number of nitrogens with one attached hydrogen (secondary N) is 2. The number of nitrogens with zero attached hydrogens (tertiary/aromatic N) is 2. The smallest absolute Gasteiger partial charge is 0.257 e. The normalized spacial score (nSPS) is 19.9. The number of fused-ring (bicyclic) bond motifs is 1. The standard InChI is InChI=1S/C20H22N4O2S/c1-3-11(2)27-20-23-18-17(19(26)24-20)15(12-7-9-21-10-8-12)16-13(22-18)5-4-6-14(16)25/h7-11,15H,3-6H2,1-2H3,(H2,22,23,24,26)/t11-,15+/m1/s1. The maximum absolute atomic E-state index is 13.0. The molecule has 7 heteroatoms. The summed E-state index contributed by atoms with van der Waals surface area (Å²) in [5, 5.41) is 4.27. The molecule has 2 atom stereocenters. The molecule has 0 aromatic carbocycles. The van der Waals surface area contributed by atoms with Gasteiger partial charge in [-0.05, 0) is 37.0 Å². The van der Waals surface area contributed by atoms with Crippen LogP contribution in [0.2, 0.25) is 0 Å². The van der Waals surface area contributed by atoms with Gasteiger partial charge in [0.1, 0.15) is 5.82 Å². The number of allylic oxidation sites excluding steroid dienone is 2. The molecule has 2 N–H and O–H groups in total. The number of thioether (sulfide) groups is 1. The molecule has 0 unspecified atom stereocenters. The molecule has 0 amide bonds. The predicted molar refractivity (Wildman–Crippen MR) is 106 cm³/mol. The molecule has 0 fully saturated rings. The first-order chi connectivity index (χ1) is 13.1. The fourth-order valence-electron chi connectivity index (χ4n) is 3.66. The van der Waals surface area contributed by atoms with Crippen molar-refractivity contribution < 1.29 is 4.79 Å². The Morgan fingerprint density at radius 3 is 2.78 bits per heavy atom. The molecule has 1 aliphatic heterocycles. The van der Waals surface area contributed by atoms with Gasteiger partial charge >= 0.3 is 0 Å². The molecule has 0 saturated carbocycles. The summed E-state index contributed by atoms with van der Waals surface area (Å²) in [6.07, 6.45) is 6.51. The first-order valence-corrected chi connectivity index (χ1v) is 10.2. The zero-order chi connectivity index (χ0) is 19.0. The number of Topliss-reactive ketones (excluding diaryl/α,β-unsaturated/α-hetero) is 1. The molecule has 1 aliphatic carbocycles. The maximum Gasteiger partial charge on any atom is 0.257 e. The van der Waals surface area contributed by atoms with E-state index in [-0.39, 0.29) is 11.3 Å². The van der Waals surface area contributed by atoms with Gasteiger partial charge < -0.3 is 10.3 Å². The van der Waals surface area contributed by atoms with Crippen LogP contribution in [0.5, 0.6) is 0 Å². The van der Waals surface area contributed by atoms with Crippen molar-refractivity contribution >= 4 is 23.4 Å². The number of pyridine rings is 1. The van der Waals surface area contributed by atoms with Gasteiger partial charge in [-0.2, -0.15) is 0 Å². The van der Waals surface area contributed by atoms with Crippen molar-refractivity contribution in [2.24, 2.45) is 0 Å². The SMILES string of the molecule is CC[C@@H](C)Sc1nc2c(c(=O)[nH]1)[C@@H](c1ccncc1)C1=C(CCCC1=O)N2. The van der Waals surface area contributed by atoms with Gasteiger partial charge in [0.25, 0.3) is 5.56 Å². The fourth-order valence-corrected chi connectivity index (χ4v) is 4.50. The summed E-state index contributed by atoms with van der Waals surface area (Å²) in [6.45, 7) is 4.22. The highest BCUT2D eigenvalue weighted by Gasteiger charge is 2.37. The van der Waals surface area contributed by atoms with Crippen molar-refractivity contribution in [3.8, 4) is 0 Å². The summed E-state index contributed by atoms with van der Waals surface area (Å²) in [5.74, 6) is 0.277. The zero-order valence-corrected chi connectivity index (χ0v) is 16.2. The number of aromatic nitrogens is 3. The van der Waals surface area contributed by atoms with E-state index in [0.29, 0.717) is 33.8 Å². The minimum Gasteiger partial charge on any atom is -0.343 e. The first kappa shape index (κ1) is 18.0. The van der Waals surface area contributed by atoms with E-state index in [4.69, 9.17) is 0 Å². The third-order valence-electron chi connectivity index (χ3n) is 5.16. The van der Waals surface area contributed by atoms with E-state index in [2.05, 4.69) is 34.1 Å². The van der Waals surface area contributed by atoms with Gasteiger partial charge in [-0.15, -0.1) is 0 Å². The average molecular weight is 382 g/mol. The topological polar surface area (TPSA) is 87.7 Å². The molecular formula is C20H22N4O2S. The van der Waals surface area contributed by atoms with Crippen LogP contribution in [0, 0.1) is 0 Å². The van der Waals surface area contributed by atoms with Crippen molar-refractivity contribution in [3.63, 3.8) is 0 Å². The van der Waals surface area contributed by atoms with Crippen LogP contribution in [0.1, 0.15) is 56.6 Å². The van der Waals surface area contributed by atoms with Gasteiger partial charge in [0.15, 0.2) is 10.9 Å².